The summed E-state index contributed by atoms with van der Waals surface area (Å²) in [6.07, 6.45) is 0.815. The van der Waals surface area contributed by atoms with Gasteiger partial charge in [-0.25, -0.2) is 4.98 Å². The van der Waals surface area contributed by atoms with Gasteiger partial charge in [-0.3, -0.25) is 0 Å². The fourth-order valence-corrected chi connectivity index (χ4v) is 2.01. The largest absolute Gasteiger partial charge is 0.441 e. The molecule has 1 aromatic heterocycles. The van der Waals surface area contributed by atoms with Crippen LogP contribution in [0.1, 0.15) is 26.7 Å². The van der Waals surface area contributed by atoms with E-state index in [-0.39, 0.29) is 0 Å². The highest BCUT2D eigenvalue weighted by Gasteiger charge is 2.13. The highest BCUT2D eigenvalue weighted by molar-refractivity contribution is 5.77. The van der Waals surface area contributed by atoms with Crippen LogP contribution in [-0.2, 0) is 11.2 Å². The standard InChI is InChI=1S/C15H22N2O2/c1-5-15-17-12-8-11(6-7-14(12)19-15)16-13(9-18-4)10(2)3/h6-8,10,13,16H,5,9H2,1-4H3. The number of oxazole rings is 1. The molecule has 0 fully saturated rings. The second-order valence-corrected chi connectivity index (χ2v) is 5.09. The van der Waals surface area contributed by atoms with Crippen LogP contribution in [0.3, 0.4) is 0 Å². The monoisotopic (exact) mass is 262 g/mol. The number of aromatic nitrogens is 1. The van der Waals surface area contributed by atoms with Gasteiger partial charge in [-0.2, -0.15) is 0 Å². The van der Waals surface area contributed by atoms with Gasteiger partial charge in [0.25, 0.3) is 0 Å². The lowest BCUT2D eigenvalue weighted by Gasteiger charge is -2.22. The lowest BCUT2D eigenvalue weighted by molar-refractivity contribution is 0.171. The Morgan fingerprint density at radius 1 is 1.37 bits per heavy atom. The van der Waals surface area contributed by atoms with Crippen molar-refractivity contribution in [3.8, 4) is 0 Å². The zero-order valence-corrected chi connectivity index (χ0v) is 12.1. The fraction of sp³-hybridized carbons (Fsp3) is 0.533. The van der Waals surface area contributed by atoms with E-state index < -0.39 is 0 Å². The molecule has 0 amide bonds. The average Bonchev–Trinajstić information content (AvgIpc) is 2.80. The molecule has 2 rings (SSSR count). The molecule has 0 aliphatic heterocycles. The van der Waals surface area contributed by atoms with Crippen molar-refractivity contribution in [3.63, 3.8) is 0 Å². The van der Waals surface area contributed by atoms with Gasteiger partial charge in [-0.15, -0.1) is 0 Å². The van der Waals surface area contributed by atoms with Crippen LogP contribution in [-0.4, -0.2) is 24.7 Å². The van der Waals surface area contributed by atoms with Crippen molar-refractivity contribution < 1.29 is 9.15 Å². The molecule has 0 saturated carbocycles. The normalized spacial score (nSPS) is 13.1. The van der Waals surface area contributed by atoms with Gasteiger partial charge in [0.15, 0.2) is 11.5 Å². The van der Waals surface area contributed by atoms with E-state index in [0.717, 1.165) is 29.1 Å². The Labute approximate surface area is 114 Å². The molecule has 1 atom stereocenters. The summed E-state index contributed by atoms with van der Waals surface area (Å²) in [5.74, 6) is 1.28. The summed E-state index contributed by atoms with van der Waals surface area (Å²) in [7, 11) is 1.73. The molecule has 104 valence electrons. The van der Waals surface area contributed by atoms with Gasteiger partial charge in [0.1, 0.15) is 5.52 Å². The Morgan fingerprint density at radius 2 is 2.16 bits per heavy atom. The van der Waals surface area contributed by atoms with Crippen LogP contribution < -0.4 is 5.32 Å². The highest BCUT2D eigenvalue weighted by atomic mass is 16.5. The third kappa shape index (κ3) is 3.26. The minimum atomic E-state index is 0.292. The summed E-state index contributed by atoms with van der Waals surface area (Å²) in [5, 5.41) is 3.49. The minimum absolute atomic E-state index is 0.292. The van der Waals surface area contributed by atoms with E-state index in [1.165, 1.54) is 0 Å². The molecule has 4 nitrogen and oxygen atoms in total. The van der Waals surface area contributed by atoms with Crippen LogP contribution >= 0.6 is 0 Å². The second-order valence-electron chi connectivity index (χ2n) is 5.09. The van der Waals surface area contributed by atoms with Crippen molar-refractivity contribution >= 4 is 16.8 Å². The SMILES string of the molecule is CCc1nc2cc(NC(COC)C(C)C)ccc2o1. The van der Waals surface area contributed by atoms with Gasteiger partial charge >= 0.3 is 0 Å². The predicted molar refractivity (Wildman–Crippen MR) is 77.5 cm³/mol. The van der Waals surface area contributed by atoms with E-state index in [4.69, 9.17) is 9.15 Å². The topological polar surface area (TPSA) is 47.3 Å². The maximum atomic E-state index is 5.61. The number of nitrogens with zero attached hydrogens (tertiary/aromatic N) is 1. The van der Waals surface area contributed by atoms with Crippen molar-refractivity contribution in [2.24, 2.45) is 5.92 Å². The Balaban J connectivity index is 2.20. The number of aryl methyl sites for hydroxylation is 1. The van der Waals surface area contributed by atoms with Crippen LogP contribution in [0, 0.1) is 5.92 Å². The molecule has 19 heavy (non-hydrogen) atoms. The summed E-state index contributed by atoms with van der Waals surface area (Å²) in [4.78, 5) is 4.45. The van der Waals surface area contributed by atoms with E-state index in [1.807, 2.05) is 25.1 Å². The molecule has 0 saturated heterocycles. The molecule has 2 aromatic rings. The first-order valence-electron chi connectivity index (χ1n) is 6.79. The summed E-state index contributed by atoms with van der Waals surface area (Å²) in [6.45, 7) is 7.09. The summed E-state index contributed by atoms with van der Waals surface area (Å²) in [5.41, 5.74) is 2.80. The van der Waals surface area contributed by atoms with Crippen molar-refractivity contribution in [2.75, 3.05) is 19.0 Å². The number of rotatable bonds is 6. The lowest BCUT2D eigenvalue weighted by Crippen LogP contribution is -2.30. The minimum Gasteiger partial charge on any atom is -0.441 e. The van der Waals surface area contributed by atoms with E-state index in [1.54, 1.807) is 7.11 Å². The van der Waals surface area contributed by atoms with Crippen LogP contribution in [0.2, 0.25) is 0 Å². The van der Waals surface area contributed by atoms with Gasteiger partial charge in [-0.1, -0.05) is 20.8 Å². The van der Waals surface area contributed by atoms with Crippen molar-refractivity contribution in [3.05, 3.63) is 24.1 Å². The van der Waals surface area contributed by atoms with Crippen molar-refractivity contribution in [2.45, 2.75) is 33.2 Å². The number of hydrogen-bond donors (Lipinski definition) is 1. The zero-order chi connectivity index (χ0) is 13.8. The number of ether oxygens (including phenoxy) is 1. The molecule has 1 heterocycles. The summed E-state index contributed by atoms with van der Waals surface area (Å²) >= 11 is 0. The molecule has 1 aromatic carbocycles. The Kier molecular flexibility index (Phi) is 4.43. The van der Waals surface area contributed by atoms with Crippen LogP contribution in [0.5, 0.6) is 0 Å². The average molecular weight is 262 g/mol. The smallest absolute Gasteiger partial charge is 0.195 e. The van der Waals surface area contributed by atoms with Crippen molar-refractivity contribution in [1.29, 1.82) is 0 Å². The van der Waals surface area contributed by atoms with E-state index >= 15 is 0 Å². The van der Waals surface area contributed by atoms with Gasteiger partial charge in [0.2, 0.25) is 0 Å². The number of benzene rings is 1. The Bertz CT molecular complexity index is 534. The molecule has 4 heteroatoms. The number of fused-ring (bicyclic) bond motifs is 1. The first-order chi connectivity index (χ1) is 9.13. The molecular weight excluding hydrogens is 240 g/mol. The molecular formula is C15H22N2O2. The van der Waals surface area contributed by atoms with Crippen LogP contribution in [0.25, 0.3) is 11.1 Å². The molecule has 0 spiro atoms. The maximum absolute atomic E-state index is 5.61. The van der Waals surface area contributed by atoms with Crippen LogP contribution in [0.4, 0.5) is 5.69 Å². The predicted octanol–water partition coefficient (Wildman–Crippen LogP) is 3.47. The molecule has 0 aliphatic carbocycles. The number of nitrogens with one attached hydrogen (secondary N) is 1. The summed E-state index contributed by atoms with van der Waals surface area (Å²) < 4.78 is 10.9. The third-order valence-corrected chi connectivity index (χ3v) is 3.24. The van der Waals surface area contributed by atoms with Crippen molar-refractivity contribution in [1.82, 2.24) is 4.98 Å². The quantitative estimate of drug-likeness (QED) is 0.866. The van der Waals surface area contributed by atoms with Gasteiger partial charge < -0.3 is 14.5 Å². The highest BCUT2D eigenvalue weighted by Crippen LogP contribution is 2.21. The third-order valence-electron chi connectivity index (χ3n) is 3.24. The fourth-order valence-electron chi connectivity index (χ4n) is 2.01. The Hall–Kier alpha value is -1.55. The van der Waals surface area contributed by atoms with E-state index in [0.29, 0.717) is 18.6 Å². The maximum Gasteiger partial charge on any atom is 0.195 e. The number of hydrogen-bond acceptors (Lipinski definition) is 4. The molecule has 0 bridgehead atoms. The van der Waals surface area contributed by atoms with Gasteiger partial charge in [0.05, 0.1) is 12.6 Å². The lowest BCUT2D eigenvalue weighted by atomic mass is 10.1. The first kappa shape index (κ1) is 13.9. The number of anilines is 1. The number of methoxy groups -OCH3 is 1. The molecule has 0 radical (unpaired) electrons. The van der Waals surface area contributed by atoms with Gasteiger partial charge in [-0.05, 0) is 24.1 Å². The van der Waals surface area contributed by atoms with E-state index in [9.17, 15) is 0 Å². The first-order valence-corrected chi connectivity index (χ1v) is 6.79. The second kappa shape index (κ2) is 6.06. The van der Waals surface area contributed by atoms with Crippen LogP contribution in [0.15, 0.2) is 22.6 Å². The zero-order valence-electron chi connectivity index (χ0n) is 12.1. The molecule has 1 unspecified atom stereocenters. The Morgan fingerprint density at radius 3 is 2.79 bits per heavy atom. The molecule has 1 N–H and O–H groups in total. The van der Waals surface area contributed by atoms with Gasteiger partial charge in [0, 0.05) is 19.2 Å². The van der Waals surface area contributed by atoms with E-state index in [2.05, 4.69) is 24.1 Å². The molecule has 0 aliphatic rings. The summed E-state index contributed by atoms with van der Waals surface area (Å²) in [6, 6.07) is 6.31.